The Morgan fingerprint density at radius 2 is 2.22 bits per heavy atom. The van der Waals surface area contributed by atoms with Gasteiger partial charge in [-0.25, -0.2) is 8.78 Å². The molecule has 0 saturated heterocycles. The lowest BCUT2D eigenvalue weighted by Gasteiger charge is -2.23. The van der Waals surface area contributed by atoms with E-state index in [0.717, 1.165) is 6.08 Å². The molecule has 0 aromatic heterocycles. The zero-order valence-electron chi connectivity index (χ0n) is 5.27. The summed E-state index contributed by atoms with van der Waals surface area (Å²) < 4.78 is 24.5. The summed E-state index contributed by atoms with van der Waals surface area (Å²) in [4.78, 5) is 1.75. The van der Waals surface area contributed by atoms with Gasteiger partial charge >= 0.3 is 0 Å². The molecule has 3 heteroatoms. The monoisotopic (exact) mass is 133 g/mol. The van der Waals surface area contributed by atoms with Crippen LogP contribution in [0.4, 0.5) is 8.78 Å². The second-order valence-electron chi connectivity index (χ2n) is 2.31. The molecule has 0 saturated carbocycles. The zero-order valence-corrected chi connectivity index (χ0v) is 5.27. The molecule has 0 atom stereocenters. The van der Waals surface area contributed by atoms with E-state index >= 15 is 0 Å². The number of halogens is 2. The van der Waals surface area contributed by atoms with Gasteiger partial charge in [-0.2, -0.15) is 0 Å². The minimum Gasteiger partial charge on any atom is -0.380 e. The fourth-order valence-electron chi connectivity index (χ4n) is 0.720. The Labute approximate surface area is 53.0 Å². The Hall–Kier alpha value is -0.600. The standard InChI is InChI=1S/C6H9F2N/c1-9-4-2-6(7,8)3-5-9/h2,4H,3,5H2,1H3. The van der Waals surface area contributed by atoms with Gasteiger partial charge in [0.15, 0.2) is 0 Å². The van der Waals surface area contributed by atoms with Gasteiger partial charge in [0.1, 0.15) is 0 Å². The van der Waals surface area contributed by atoms with Crippen molar-refractivity contribution in [1.82, 2.24) is 4.90 Å². The van der Waals surface area contributed by atoms with Crippen LogP contribution in [0.3, 0.4) is 0 Å². The molecule has 0 bridgehead atoms. The van der Waals surface area contributed by atoms with Crippen LogP contribution in [0.2, 0.25) is 0 Å². The second kappa shape index (κ2) is 1.97. The predicted molar refractivity (Wildman–Crippen MR) is 31.3 cm³/mol. The summed E-state index contributed by atoms with van der Waals surface area (Å²) in [5.41, 5.74) is 0. The summed E-state index contributed by atoms with van der Waals surface area (Å²) in [7, 11) is 1.78. The van der Waals surface area contributed by atoms with Gasteiger partial charge < -0.3 is 4.90 Å². The van der Waals surface area contributed by atoms with Crippen LogP contribution in [0.1, 0.15) is 6.42 Å². The van der Waals surface area contributed by atoms with Gasteiger partial charge in [-0.1, -0.05) is 0 Å². The van der Waals surface area contributed by atoms with Gasteiger partial charge in [-0.05, 0) is 0 Å². The molecule has 0 radical (unpaired) electrons. The molecule has 1 nitrogen and oxygen atoms in total. The molecule has 0 N–H and O–H groups in total. The maximum absolute atomic E-state index is 12.3. The third-order valence-electron chi connectivity index (χ3n) is 1.37. The van der Waals surface area contributed by atoms with Crippen molar-refractivity contribution in [1.29, 1.82) is 0 Å². The molecule has 0 aromatic rings. The normalized spacial score (nSPS) is 24.6. The summed E-state index contributed by atoms with van der Waals surface area (Å²) in [6.45, 7) is 0.448. The number of rotatable bonds is 0. The van der Waals surface area contributed by atoms with Crippen LogP contribution in [0.15, 0.2) is 12.3 Å². The van der Waals surface area contributed by atoms with Crippen LogP contribution >= 0.6 is 0 Å². The number of alkyl halides is 2. The maximum atomic E-state index is 12.3. The Morgan fingerprint density at radius 3 is 2.56 bits per heavy atom. The molecule has 1 aliphatic rings. The third kappa shape index (κ3) is 1.66. The fraction of sp³-hybridized carbons (Fsp3) is 0.667. The lowest BCUT2D eigenvalue weighted by Crippen LogP contribution is -2.27. The molecule has 0 spiro atoms. The summed E-state index contributed by atoms with van der Waals surface area (Å²) in [6.07, 6.45) is 2.31. The maximum Gasteiger partial charge on any atom is 0.269 e. The van der Waals surface area contributed by atoms with Gasteiger partial charge in [0.2, 0.25) is 0 Å². The molecule has 9 heavy (non-hydrogen) atoms. The van der Waals surface area contributed by atoms with Crippen molar-refractivity contribution in [2.24, 2.45) is 0 Å². The topological polar surface area (TPSA) is 3.24 Å². The Balaban J connectivity index is 2.58. The molecule has 0 aromatic carbocycles. The Bertz CT molecular complexity index is 131. The van der Waals surface area contributed by atoms with Crippen molar-refractivity contribution >= 4 is 0 Å². The van der Waals surface area contributed by atoms with Crippen molar-refractivity contribution in [3.63, 3.8) is 0 Å². The molecule has 1 heterocycles. The highest BCUT2D eigenvalue weighted by molar-refractivity contribution is 4.98. The predicted octanol–water partition coefficient (Wildman–Crippen LogP) is 1.47. The van der Waals surface area contributed by atoms with Crippen LogP contribution < -0.4 is 0 Å². The highest BCUT2D eigenvalue weighted by Gasteiger charge is 2.27. The first-order chi connectivity index (χ1) is 4.10. The smallest absolute Gasteiger partial charge is 0.269 e. The molecule has 0 aliphatic carbocycles. The van der Waals surface area contributed by atoms with Crippen LogP contribution in [0, 0.1) is 0 Å². The van der Waals surface area contributed by atoms with E-state index in [1.165, 1.54) is 6.20 Å². The van der Waals surface area contributed by atoms with Gasteiger partial charge in [0.25, 0.3) is 5.92 Å². The first-order valence-electron chi connectivity index (χ1n) is 2.88. The largest absolute Gasteiger partial charge is 0.380 e. The summed E-state index contributed by atoms with van der Waals surface area (Å²) in [6, 6.07) is 0. The van der Waals surface area contributed by atoms with Crippen molar-refractivity contribution in [3.8, 4) is 0 Å². The number of hydrogen-bond donors (Lipinski definition) is 0. The molecule has 0 fully saturated rings. The van der Waals surface area contributed by atoms with E-state index in [4.69, 9.17) is 0 Å². The highest BCUT2D eigenvalue weighted by Crippen LogP contribution is 2.23. The molecule has 0 unspecified atom stereocenters. The van der Waals surface area contributed by atoms with E-state index in [-0.39, 0.29) is 6.42 Å². The number of allylic oxidation sites excluding steroid dienone is 1. The summed E-state index contributed by atoms with van der Waals surface area (Å²) >= 11 is 0. The van der Waals surface area contributed by atoms with Crippen molar-refractivity contribution in [2.75, 3.05) is 13.6 Å². The Morgan fingerprint density at radius 1 is 1.56 bits per heavy atom. The van der Waals surface area contributed by atoms with E-state index in [9.17, 15) is 8.78 Å². The first-order valence-corrected chi connectivity index (χ1v) is 2.88. The molecular formula is C6H9F2N. The van der Waals surface area contributed by atoms with E-state index in [0.29, 0.717) is 6.54 Å². The lowest BCUT2D eigenvalue weighted by molar-refractivity contribution is 0.0296. The fourth-order valence-corrected chi connectivity index (χ4v) is 0.720. The molecule has 0 amide bonds. The van der Waals surface area contributed by atoms with Crippen LogP contribution in [0.5, 0.6) is 0 Å². The van der Waals surface area contributed by atoms with Gasteiger partial charge in [-0.3, -0.25) is 0 Å². The van der Waals surface area contributed by atoms with Gasteiger partial charge in [0.05, 0.1) is 0 Å². The summed E-state index contributed by atoms with van der Waals surface area (Å²) in [5.74, 6) is -2.56. The average molecular weight is 133 g/mol. The van der Waals surface area contributed by atoms with E-state index < -0.39 is 5.92 Å². The number of nitrogens with zero attached hydrogens (tertiary/aromatic N) is 1. The van der Waals surface area contributed by atoms with Crippen LogP contribution in [0.25, 0.3) is 0 Å². The SMILES string of the molecule is CN1C=CC(F)(F)CC1. The molecule has 1 rings (SSSR count). The lowest BCUT2D eigenvalue weighted by atomic mass is 10.2. The molecule has 1 aliphatic heterocycles. The number of hydrogen-bond acceptors (Lipinski definition) is 1. The molecular weight excluding hydrogens is 124 g/mol. The summed E-state index contributed by atoms with van der Waals surface area (Å²) in [5, 5.41) is 0. The minimum atomic E-state index is -2.56. The minimum absolute atomic E-state index is 0.0556. The third-order valence-corrected chi connectivity index (χ3v) is 1.37. The van der Waals surface area contributed by atoms with Crippen molar-refractivity contribution in [2.45, 2.75) is 12.3 Å². The first kappa shape index (κ1) is 6.52. The average Bonchev–Trinajstić information content (AvgIpc) is 1.78. The second-order valence-corrected chi connectivity index (χ2v) is 2.31. The van der Waals surface area contributed by atoms with Gasteiger partial charge in [0, 0.05) is 32.3 Å². The van der Waals surface area contributed by atoms with Crippen LogP contribution in [-0.2, 0) is 0 Å². The van der Waals surface area contributed by atoms with Crippen LogP contribution in [-0.4, -0.2) is 24.4 Å². The molecule has 52 valence electrons. The van der Waals surface area contributed by atoms with Gasteiger partial charge in [-0.15, -0.1) is 0 Å². The Kier molecular flexibility index (Phi) is 1.43. The highest BCUT2D eigenvalue weighted by atomic mass is 19.3. The van der Waals surface area contributed by atoms with Crippen molar-refractivity contribution in [3.05, 3.63) is 12.3 Å². The van der Waals surface area contributed by atoms with E-state index in [1.807, 2.05) is 0 Å². The van der Waals surface area contributed by atoms with Crippen molar-refractivity contribution < 1.29 is 8.78 Å². The zero-order chi connectivity index (χ0) is 6.91. The quantitative estimate of drug-likeness (QED) is 0.483. The van der Waals surface area contributed by atoms with E-state index in [2.05, 4.69) is 0 Å². The van der Waals surface area contributed by atoms with E-state index in [1.54, 1.807) is 11.9 Å².